The minimum Gasteiger partial charge on any atom is -0.310 e. The Hall–Kier alpha value is -6.18. The minimum atomic E-state index is -0.335. The summed E-state index contributed by atoms with van der Waals surface area (Å²) in [6.45, 7) is 4.74. The first-order chi connectivity index (χ1) is 26.1. The van der Waals surface area contributed by atoms with Gasteiger partial charge in [-0.05, 0) is 103 Å². The van der Waals surface area contributed by atoms with Gasteiger partial charge in [0.1, 0.15) is 0 Å². The van der Waals surface area contributed by atoms with Crippen LogP contribution in [0.3, 0.4) is 0 Å². The molecule has 0 fully saturated rings. The molecule has 0 heterocycles. The van der Waals surface area contributed by atoms with Crippen molar-refractivity contribution in [2.45, 2.75) is 30.6 Å². The lowest BCUT2D eigenvalue weighted by molar-refractivity contribution is 0.472. The highest BCUT2D eigenvalue weighted by Gasteiger charge is 2.58. The number of para-hydroxylation sites is 1. The van der Waals surface area contributed by atoms with Gasteiger partial charge in [-0.1, -0.05) is 166 Å². The molecule has 53 heavy (non-hydrogen) atoms. The molecule has 2 atom stereocenters. The molecule has 1 heteroatoms. The summed E-state index contributed by atoms with van der Waals surface area (Å²) >= 11 is 0. The monoisotopic (exact) mass is 677 g/mol. The van der Waals surface area contributed by atoms with Crippen LogP contribution >= 0.6 is 0 Å². The van der Waals surface area contributed by atoms with Crippen molar-refractivity contribution in [2.75, 3.05) is 4.90 Å². The lowest BCUT2D eigenvalue weighted by atomic mass is 9.64. The second kappa shape index (κ2) is 11.2. The van der Waals surface area contributed by atoms with Gasteiger partial charge in [-0.3, -0.25) is 0 Å². The minimum absolute atomic E-state index is 0.0915. The van der Waals surface area contributed by atoms with Gasteiger partial charge in [0, 0.05) is 34.3 Å². The lowest BCUT2D eigenvalue weighted by Gasteiger charge is -2.37. The number of allylic oxidation sites excluding steroid dienone is 4. The van der Waals surface area contributed by atoms with Gasteiger partial charge in [0.15, 0.2) is 0 Å². The SMILES string of the molecule is CC1(C)c2ccccc2-c2ccc(N(c3ccccc3)c3ccc4c(c3)C3(c5ccccc5-c5ccccc53)C3C=CC=C(c5ccccc5)C43)cc21. The molecule has 2 unspecified atom stereocenters. The van der Waals surface area contributed by atoms with Crippen LogP contribution in [0.4, 0.5) is 17.1 Å². The first-order valence-electron chi connectivity index (χ1n) is 18.9. The highest BCUT2D eigenvalue weighted by atomic mass is 15.1. The molecular weight excluding hydrogens is 639 g/mol. The number of hydrogen-bond acceptors (Lipinski definition) is 1. The Labute approximate surface area is 312 Å². The molecule has 0 amide bonds. The zero-order valence-electron chi connectivity index (χ0n) is 30.0. The Morgan fingerprint density at radius 3 is 1.66 bits per heavy atom. The predicted octanol–water partition coefficient (Wildman–Crippen LogP) is 13.1. The van der Waals surface area contributed by atoms with E-state index in [1.807, 2.05) is 0 Å². The molecule has 0 radical (unpaired) electrons. The van der Waals surface area contributed by atoms with Crippen molar-refractivity contribution in [3.05, 3.63) is 227 Å². The Bertz CT molecular complexity index is 2610. The van der Waals surface area contributed by atoms with Gasteiger partial charge in [0.05, 0.1) is 5.41 Å². The second-order valence-corrected chi connectivity index (χ2v) is 15.6. The maximum absolute atomic E-state index is 2.54. The number of hydrogen-bond donors (Lipinski definition) is 0. The standard InChI is InChI=1S/C52H39N/c1-51(2)44-24-12-9-20-39(44)42-30-28-36(32-48(42)51)53(35-18-7-4-8-19-35)37-29-31-43-49(33-37)52(45-25-13-10-21-40(45)41-22-11-14-26-46(41)52)47-27-15-23-38(50(43)47)34-16-5-3-6-17-34/h3-33,47,50H,1-2H3. The van der Waals surface area contributed by atoms with Gasteiger partial charge in [0.2, 0.25) is 0 Å². The van der Waals surface area contributed by atoms with Gasteiger partial charge in [-0.2, -0.15) is 0 Å². The van der Waals surface area contributed by atoms with E-state index in [-0.39, 0.29) is 22.7 Å². The third kappa shape index (κ3) is 4.08. The van der Waals surface area contributed by atoms with E-state index >= 15 is 0 Å². The Morgan fingerprint density at radius 1 is 0.453 bits per heavy atom. The van der Waals surface area contributed by atoms with Crippen LogP contribution in [-0.4, -0.2) is 0 Å². The summed E-state index contributed by atoms with van der Waals surface area (Å²) in [6.07, 6.45) is 7.19. The average molecular weight is 678 g/mol. The molecule has 0 saturated carbocycles. The number of anilines is 3. The van der Waals surface area contributed by atoms with Crippen LogP contribution in [-0.2, 0) is 10.8 Å². The van der Waals surface area contributed by atoms with E-state index in [0.29, 0.717) is 0 Å². The summed E-state index contributed by atoms with van der Waals surface area (Å²) < 4.78 is 0. The molecule has 1 spiro atoms. The number of fused-ring (bicyclic) bond motifs is 13. The van der Waals surface area contributed by atoms with Gasteiger partial charge in [0.25, 0.3) is 0 Å². The normalized spacial score (nSPS) is 18.7. The van der Waals surface area contributed by atoms with E-state index in [4.69, 9.17) is 0 Å². The Balaban J connectivity index is 1.17. The summed E-state index contributed by atoms with van der Waals surface area (Å²) in [7, 11) is 0. The zero-order valence-corrected chi connectivity index (χ0v) is 30.0. The van der Waals surface area contributed by atoms with E-state index in [0.717, 1.165) is 5.69 Å². The molecule has 4 aliphatic rings. The first-order valence-corrected chi connectivity index (χ1v) is 18.9. The molecule has 7 aromatic rings. The van der Waals surface area contributed by atoms with Crippen LogP contribution in [0.25, 0.3) is 27.8 Å². The zero-order chi connectivity index (χ0) is 35.3. The fourth-order valence-corrected chi connectivity index (χ4v) is 10.6. The van der Waals surface area contributed by atoms with Gasteiger partial charge < -0.3 is 4.90 Å². The summed E-state index contributed by atoms with van der Waals surface area (Å²) in [5.41, 5.74) is 19.6. The molecule has 0 N–H and O–H groups in total. The summed E-state index contributed by atoms with van der Waals surface area (Å²) in [6, 6.07) is 63.7. The van der Waals surface area contributed by atoms with Crippen LogP contribution in [0, 0.1) is 5.92 Å². The maximum atomic E-state index is 2.54. The summed E-state index contributed by atoms with van der Waals surface area (Å²) in [4.78, 5) is 2.48. The van der Waals surface area contributed by atoms with Crippen LogP contribution < -0.4 is 4.90 Å². The highest BCUT2D eigenvalue weighted by molar-refractivity contribution is 5.91. The van der Waals surface area contributed by atoms with Crippen molar-refractivity contribution in [3.63, 3.8) is 0 Å². The maximum Gasteiger partial charge on any atom is 0.0538 e. The number of rotatable bonds is 4. The third-order valence-corrected chi connectivity index (χ3v) is 12.8. The molecule has 0 bridgehead atoms. The first kappa shape index (κ1) is 30.4. The topological polar surface area (TPSA) is 3.24 Å². The molecule has 0 aromatic heterocycles. The van der Waals surface area contributed by atoms with Crippen LogP contribution in [0.15, 0.2) is 188 Å². The van der Waals surface area contributed by atoms with Gasteiger partial charge >= 0.3 is 0 Å². The largest absolute Gasteiger partial charge is 0.310 e. The van der Waals surface area contributed by atoms with E-state index in [1.54, 1.807) is 0 Å². The van der Waals surface area contributed by atoms with Crippen molar-refractivity contribution >= 4 is 22.6 Å². The highest BCUT2D eigenvalue weighted by Crippen LogP contribution is 2.67. The van der Waals surface area contributed by atoms with Crippen molar-refractivity contribution in [1.82, 2.24) is 0 Å². The lowest BCUT2D eigenvalue weighted by Crippen LogP contribution is -2.33. The number of benzene rings is 7. The van der Waals surface area contributed by atoms with Crippen molar-refractivity contribution < 1.29 is 0 Å². The van der Waals surface area contributed by atoms with Crippen LogP contribution in [0.2, 0.25) is 0 Å². The molecular formula is C52H39N. The second-order valence-electron chi connectivity index (χ2n) is 15.6. The molecule has 252 valence electrons. The van der Waals surface area contributed by atoms with Crippen molar-refractivity contribution in [2.24, 2.45) is 5.92 Å². The van der Waals surface area contributed by atoms with Crippen molar-refractivity contribution in [1.29, 1.82) is 0 Å². The molecule has 4 aliphatic carbocycles. The quantitative estimate of drug-likeness (QED) is 0.179. The predicted molar refractivity (Wildman–Crippen MR) is 220 cm³/mol. The van der Waals surface area contributed by atoms with Gasteiger partial charge in [-0.25, -0.2) is 0 Å². The number of nitrogens with zero attached hydrogens (tertiary/aromatic N) is 1. The average Bonchev–Trinajstić information content (AvgIpc) is 3.77. The Morgan fingerprint density at radius 2 is 0.981 bits per heavy atom. The molecule has 7 aromatic carbocycles. The van der Waals surface area contributed by atoms with E-state index in [2.05, 4.69) is 207 Å². The van der Waals surface area contributed by atoms with Crippen molar-refractivity contribution in [3.8, 4) is 22.3 Å². The molecule has 1 nitrogen and oxygen atoms in total. The molecule has 0 aliphatic heterocycles. The Kier molecular flexibility index (Phi) is 6.41. The van der Waals surface area contributed by atoms with Crippen LogP contribution in [0.1, 0.15) is 58.7 Å². The molecule has 0 saturated heterocycles. The van der Waals surface area contributed by atoms with E-state index < -0.39 is 0 Å². The third-order valence-electron chi connectivity index (χ3n) is 12.8. The summed E-state index contributed by atoms with van der Waals surface area (Å²) in [5.74, 6) is 0.442. The summed E-state index contributed by atoms with van der Waals surface area (Å²) in [5, 5.41) is 0. The fraction of sp³-hybridized carbons (Fsp3) is 0.115. The molecule has 11 rings (SSSR count). The van der Waals surface area contributed by atoms with E-state index in [9.17, 15) is 0 Å². The smallest absolute Gasteiger partial charge is 0.0538 e. The van der Waals surface area contributed by atoms with Gasteiger partial charge in [-0.15, -0.1) is 0 Å². The van der Waals surface area contributed by atoms with Crippen LogP contribution in [0.5, 0.6) is 0 Å². The van der Waals surface area contributed by atoms with E-state index in [1.165, 1.54) is 78.1 Å². The fourth-order valence-electron chi connectivity index (χ4n) is 10.6.